The number of halogens is 1. The second kappa shape index (κ2) is 9.33. The highest BCUT2D eigenvalue weighted by Crippen LogP contribution is 2.16. The number of anilines is 1. The first kappa shape index (κ1) is 19.9. The summed E-state index contributed by atoms with van der Waals surface area (Å²) in [6.07, 6.45) is -0.970. The molecule has 0 aliphatic heterocycles. The molecular formula is C19H20FN3O4. The lowest BCUT2D eigenvalue weighted by Gasteiger charge is -2.15. The van der Waals surface area contributed by atoms with E-state index < -0.39 is 23.7 Å². The molecule has 0 saturated carbocycles. The van der Waals surface area contributed by atoms with Crippen LogP contribution in [0.5, 0.6) is 5.75 Å². The number of carbonyl (C=O) groups excluding carboxylic acids is 3. The van der Waals surface area contributed by atoms with Crippen LogP contribution in [0.15, 0.2) is 48.5 Å². The third kappa shape index (κ3) is 6.43. The zero-order valence-electron chi connectivity index (χ0n) is 14.9. The van der Waals surface area contributed by atoms with Crippen molar-refractivity contribution < 1.29 is 23.5 Å². The van der Waals surface area contributed by atoms with Crippen LogP contribution in [-0.4, -0.2) is 23.8 Å². The van der Waals surface area contributed by atoms with E-state index in [1.54, 1.807) is 30.3 Å². The number of hydrogen-bond donors (Lipinski definition) is 3. The van der Waals surface area contributed by atoms with Crippen LogP contribution < -0.4 is 20.9 Å². The van der Waals surface area contributed by atoms with Crippen LogP contribution in [-0.2, 0) is 20.8 Å². The molecule has 0 saturated heterocycles. The summed E-state index contributed by atoms with van der Waals surface area (Å²) in [6.45, 7) is 2.84. The van der Waals surface area contributed by atoms with E-state index in [9.17, 15) is 18.8 Å². The van der Waals surface area contributed by atoms with Crippen molar-refractivity contribution in [3.8, 4) is 5.75 Å². The van der Waals surface area contributed by atoms with E-state index in [-0.39, 0.29) is 18.1 Å². The Hall–Kier alpha value is -3.42. The Labute approximate surface area is 155 Å². The zero-order chi connectivity index (χ0) is 19.8. The highest BCUT2D eigenvalue weighted by atomic mass is 19.1. The minimum Gasteiger partial charge on any atom is -0.478 e. The molecule has 2 aromatic carbocycles. The first-order valence-corrected chi connectivity index (χ1v) is 8.21. The first-order chi connectivity index (χ1) is 12.8. The fourth-order valence-corrected chi connectivity index (χ4v) is 2.16. The smallest absolute Gasteiger partial charge is 0.279 e. The lowest BCUT2D eigenvalue weighted by molar-refractivity contribution is -0.132. The molecule has 7 nitrogen and oxygen atoms in total. The molecule has 1 atom stereocenters. The normalized spacial score (nSPS) is 11.2. The van der Waals surface area contributed by atoms with Crippen molar-refractivity contribution in [2.24, 2.45) is 0 Å². The summed E-state index contributed by atoms with van der Waals surface area (Å²) < 4.78 is 18.7. The van der Waals surface area contributed by atoms with Crippen molar-refractivity contribution in [3.63, 3.8) is 0 Å². The highest BCUT2D eigenvalue weighted by molar-refractivity contribution is 5.89. The van der Waals surface area contributed by atoms with Crippen LogP contribution >= 0.6 is 0 Å². The lowest BCUT2D eigenvalue weighted by Crippen LogP contribution is -2.47. The van der Waals surface area contributed by atoms with Gasteiger partial charge >= 0.3 is 0 Å². The Morgan fingerprint density at radius 3 is 2.33 bits per heavy atom. The fraction of sp³-hybridized carbons (Fsp3) is 0.211. The van der Waals surface area contributed by atoms with Gasteiger partial charge in [0.15, 0.2) is 17.7 Å². The van der Waals surface area contributed by atoms with Gasteiger partial charge in [0, 0.05) is 12.6 Å². The summed E-state index contributed by atoms with van der Waals surface area (Å²) >= 11 is 0. The molecule has 27 heavy (non-hydrogen) atoms. The number of nitrogens with one attached hydrogen (secondary N) is 3. The molecular weight excluding hydrogens is 353 g/mol. The van der Waals surface area contributed by atoms with E-state index in [1.807, 2.05) is 0 Å². The maximum atomic E-state index is 13.5. The van der Waals surface area contributed by atoms with Crippen molar-refractivity contribution >= 4 is 23.4 Å². The molecule has 3 N–H and O–H groups in total. The molecule has 0 fully saturated rings. The van der Waals surface area contributed by atoms with Gasteiger partial charge < -0.3 is 10.1 Å². The van der Waals surface area contributed by atoms with Crippen molar-refractivity contribution in [1.29, 1.82) is 0 Å². The van der Waals surface area contributed by atoms with Gasteiger partial charge in [0.05, 0.1) is 6.42 Å². The summed E-state index contributed by atoms with van der Waals surface area (Å²) in [4.78, 5) is 34.8. The standard InChI is InChI=1S/C19H20FN3O4/c1-12(27-17-6-4-3-5-16(17)20)19(26)23-22-18(25)11-14-7-9-15(10-8-14)21-13(2)24/h3-10,12H,11H2,1-2H3,(H,21,24)(H,22,25)(H,23,26)/t12-/m1/s1. The van der Waals surface area contributed by atoms with Crippen molar-refractivity contribution in [2.75, 3.05) is 5.32 Å². The SMILES string of the molecule is CC(=O)Nc1ccc(CC(=O)NNC(=O)[C@@H](C)Oc2ccccc2F)cc1. The Kier molecular flexibility index (Phi) is 6.87. The number of ether oxygens (including phenoxy) is 1. The molecule has 0 aromatic heterocycles. The largest absolute Gasteiger partial charge is 0.478 e. The van der Waals surface area contributed by atoms with E-state index in [0.29, 0.717) is 11.3 Å². The van der Waals surface area contributed by atoms with Crippen LogP contribution in [0.25, 0.3) is 0 Å². The van der Waals surface area contributed by atoms with Crippen LogP contribution in [0.2, 0.25) is 0 Å². The summed E-state index contributed by atoms with van der Waals surface area (Å²) in [5.41, 5.74) is 5.84. The summed E-state index contributed by atoms with van der Waals surface area (Å²) in [5, 5.41) is 2.62. The Balaban J connectivity index is 1.79. The zero-order valence-corrected chi connectivity index (χ0v) is 14.9. The molecule has 3 amide bonds. The number of para-hydroxylation sites is 1. The molecule has 2 rings (SSSR count). The molecule has 0 heterocycles. The van der Waals surface area contributed by atoms with Crippen LogP contribution in [0.4, 0.5) is 10.1 Å². The van der Waals surface area contributed by atoms with Crippen LogP contribution in [0.1, 0.15) is 19.4 Å². The highest BCUT2D eigenvalue weighted by Gasteiger charge is 2.17. The Morgan fingerprint density at radius 2 is 1.70 bits per heavy atom. The molecule has 0 aliphatic carbocycles. The second-order valence-corrected chi connectivity index (χ2v) is 5.78. The number of benzene rings is 2. The first-order valence-electron chi connectivity index (χ1n) is 8.21. The van der Waals surface area contributed by atoms with Crippen molar-refractivity contribution in [1.82, 2.24) is 10.9 Å². The monoisotopic (exact) mass is 373 g/mol. The fourth-order valence-electron chi connectivity index (χ4n) is 2.16. The molecule has 0 aliphatic rings. The third-order valence-corrected chi connectivity index (χ3v) is 3.47. The Bertz CT molecular complexity index is 824. The maximum absolute atomic E-state index is 13.5. The van der Waals surface area contributed by atoms with Gasteiger partial charge in [0.2, 0.25) is 11.8 Å². The van der Waals surface area contributed by atoms with E-state index in [2.05, 4.69) is 16.2 Å². The number of rotatable bonds is 6. The topological polar surface area (TPSA) is 96.5 Å². The van der Waals surface area contributed by atoms with Crippen molar-refractivity contribution in [2.45, 2.75) is 26.4 Å². The summed E-state index contributed by atoms with van der Waals surface area (Å²) in [7, 11) is 0. The molecule has 0 radical (unpaired) electrons. The number of hydrogen-bond acceptors (Lipinski definition) is 4. The van der Waals surface area contributed by atoms with E-state index in [4.69, 9.17) is 4.74 Å². The van der Waals surface area contributed by atoms with Gasteiger partial charge in [-0.2, -0.15) is 0 Å². The minimum atomic E-state index is -1.00. The van der Waals surface area contributed by atoms with E-state index >= 15 is 0 Å². The van der Waals surface area contributed by atoms with Gasteiger partial charge in [-0.05, 0) is 36.8 Å². The third-order valence-electron chi connectivity index (χ3n) is 3.47. The molecule has 8 heteroatoms. The van der Waals surface area contributed by atoms with Gasteiger partial charge in [0.1, 0.15) is 0 Å². The number of hydrazine groups is 1. The molecule has 0 bridgehead atoms. The number of carbonyl (C=O) groups is 3. The van der Waals surface area contributed by atoms with Gasteiger partial charge in [-0.3, -0.25) is 25.2 Å². The quantitative estimate of drug-likeness (QED) is 0.674. The average Bonchev–Trinajstić information content (AvgIpc) is 2.62. The van der Waals surface area contributed by atoms with Gasteiger partial charge in [-0.25, -0.2) is 4.39 Å². The number of amides is 3. The summed E-state index contributed by atoms with van der Waals surface area (Å²) in [5.74, 6) is -1.87. The second-order valence-electron chi connectivity index (χ2n) is 5.78. The summed E-state index contributed by atoms with van der Waals surface area (Å²) in [6, 6.07) is 12.5. The van der Waals surface area contributed by atoms with Crippen LogP contribution in [0.3, 0.4) is 0 Å². The molecule has 0 spiro atoms. The van der Waals surface area contributed by atoms with Gasteiger partial charge in [-0.1, -0.05) is 24.3 Å². The predicted octanol–water partition coefficient (Wildman–Crippen LogP) is 1.94. The predicted molar refractivity (Wildman–Crippen MR) is 97.2 cm³/mol. The van der Waals surface area contributed by atoms with Crippen molar-refractivity contribution in [3.05, 3.63) is 59.9 Å². The van der Waals surface area contributed by atoms with Crippen LogP contribution in [0, 0.1) is 5.82 Å². The minimum absolute atomic E-state index is 0.0309. The molecule has 2 aromatic rings. The van der Waals surface area contributed by atoms with E-state index in [1.165, 1.54) is 32.0 Å². The average molecular weight is 373 g/mol. The molecule has 142 valence electrons. The lowest BCUT2D eigenvalue weighted by atomic mass is 10.1. The van der Waals surface area contributed by atoms with E-state index in [0.717, 1.165) is 0 Å². The van der Waals surface area contributed by atoms with Gasteiger partial charge in [0.25, 0.3) is 5.91 Å². The molecule has 0 unspecified atom stereocenters. The Morgan fingerprint density at radius 1 is 1.04 bits per heavy atom. The maximum Gasteiger partial charge on any atom is 0.279 e. The van der Waals surface area contributed by atoms with Gasteiger partial charge in [-0.15, -0.1) is 0 Å².